The molecule has 0 unspecified atom stereocenters. The number of carbonyl (C=O) groups is 1. The Morgan fingerprint density at radius 3 is 2.71 bits per heavy atom. The minimum atomic E-state index is -0.128. The molecule has 0 aliphatic rings. The van der Waals surface area contributed by atoms with Gasteiger partial charge >= 0.3 is 0 Å². The van der Waals surface area contributed by atoms with Crippen molar-refractivity contribution in [3.8, 4) is 17.1 Å². The minimum Gasteiger partial charge on any atom is -0.508 e. The molecule has 0 fully saturated rings. The molecule has 7 heteroatoms. The molecule has 0 aliphatic carbocycles. The number of aromatic hydroxyl groups is 1. The van der Waals surface area contributed by atoms with E-state index in [1.54, 1.807) is 47.5 Å². The molecule has 24 heavy (non-hydrogen) atoms. The number of phenolic OH excluding ortho intramolecular Hbond substituents is 1. The largest absolute Gasteiger partial charge is 0.508 e. The molecule has 0 radical (unpaired) electrons. The van der Waals surface area contributed by atoms with E-state index in [0.29, 0.717) is 30.0 Å². The first-order chi connectivity index (χ1) is 11.6. The number of rotatable bonds is 5. The monoisotopic (exact) mass is 323 g/mol. The minimum absolute atomic E-state index is 0.128. The van der Waals surface area contributed by atoms with Crippen LogP contribution in [0.15, 0.2) is 49.1 Å². The summed E-state index contributed by atoms with van der Waals surface area (Å²) in [5.41, 5.74) is 2.30. The second-order valence-corrected chi connectivity index (χ2v) is 5.42. The number of hydrogen-bond donors (Lipinski definition) is 2. The van der Waals surface area contributed by atoms with Gasteiger partial charge in [-0.15, -0.1) is 0 Å². The van der Waals surface area contributed by atoms with Gasteiger partial charge in [0.25, 0.3) is 0 Å². The summed E-state index contributed by atoms with van der Waals surface area (Å²) in [6, 6.07) is 6.69. The van der Waals surface area contributed by atoms with E-state index >= 15 is 0 Å². The summed E-state index contributed by atoms with van der Waals surface area (Å²) in [6.07, 6.45) is 7.05. The van der Waals surface area contributed by atoms with E-state index in [9.17, 15) is 9.90 Å². The molecule has 0 aliphatic heterocycles. The van der Waals surface area contributed by atoms with E-state index < -0.39 is 0 Å². The van der Waals surface area contributed by atoms with Crippen molar-refractivity contribution in [1.82, 2.24) is 19.7 Å². The molecule has 0 saturated carbocycles. The van der Waals surface area contributed by atoms with Gasteiger partial charge < -0.3 is 10.4 Å². The molecular formula is C17H17N5O2. The molecule has 2 heterocycles. The highest BCUT2D eigenvalue weighted by Crippen LogP contribution is 2.20. The van der Waals surface area contributed by atoms with Crippen LogP contribution in [0.25, 0.3) is 11.4 Å². The van der Waals surface area contributed by atoms with Gasteiger partial charge in [-0.05, 0) is 24.6 Å². The summed E-state index contributed by atoms with van der Waals surface area (Å²) in [4.78, 5) is 20.4. The third-order valence-electron chi connectivity index (χ3n) is 3.37. The second kappa shape index (κ2) is 6.91. The average molecular weight is 323 g/mol. The van der Waals surface area contributed by atoms with Crippen LogP contribution in [0.2, 0.25) is 0 Å². The third kappa shape index (κ3) is 3.95. The molecule has 1 amide bonds. The Labute approximate surface area is 139 Å². The fourth-order valence-electron chi connectivity index (χ4n) is 2.22. The number of amides is 1. The number of phenols is 1. The van der Waals surface area contributed by atoms with E-state index in [1.807, 2.05) is 13.1 Å². The number of aryl methyl sites for hydroxylation is 2. The van der Waals surface area contributed by atoms with Crippen LogP contribution in [-0.2, 0) is 11.3 Å². The molecule has 2 N–H and O–H groups in total. The number of nitrogens with zero attached hydrogens (tertiary/aromatic N) is 4. The summed E-state index contributed by atoms with van der Waals surface area (Å²) in [6.45, 7) is 2.47. The van der Waals surface area contributed by atoms with Crippen molar-refractivity contribution < 1.29 is 9.90 Å². The lowest BCUT2D eigenvalue weighted by Crippen LogP contribution is -2.15. The van der Waals surface area contributed by atoms with E-state index in [1.165, 1.54) is 0 Å². The van der Waals surface area contributed by atoms with Crippen molar-refractivity contribution in [3.05, 3.63) is 54.6 Å². The molecule has 0 spiro atoms. The van der Waals surface area contributed by atoms with Crippen LogP contribution in [0, 0.1) is 6.92 Å². The summed E-state index contributed by atoms with van der Waals surface area (Å²) < 4.78 is 1.73. The summed E-state index contributed by atoms with van der Waals surface area (Å²) in [7, 11) is 0. The Kier molecular flexibility index (Phi) is 4.51. The van der Waals surface area contributed by atoms with Crippen LogP contribution in [-0.4, -0.2) is 30.8 Å². The number of hydrogen-bond acceptors (Lipinski definition) is 5. The van der Waals surface area contributed by atoms with Crippen molar-refractivity contribution in [3.63, 3.8) is 0 Å². The summed E-state index contributed by atoms with van der Waals surface area (Å²) in [5.74, 6) is 0.509. The summed E-state index contributed by atoms with van der Waals surface area (Å²) >= 11 is 0. The molecule has 7 nitrogen and oxygen atoms in total. The first-order valence-corrected chi connectivity index (χ1v) is 7.50. The van der Waals surface area contributed by atoms with Crippen molar-refractivity contribution in [2.45, 2.75) is 19.9 Å². The molecule has 0 atom stereocenters. The van der Waals surface area contributed by atoms with E-state index in [2.05, 4.69) is 20.4 Å². The van der Waals surface area contributed by atoms with Crippen LogP contribution >= 0.6 is 0 Å². The fraction of sp³-hybridized carbons (Fsp3) is 0.176. The van der Waals surface area contributed by atoms with Crippen LogP contribution in [0.5, 0.6) is 5.75 Å². The number of nitrogens with one attached hydrogen (secondary N) is 1. The third-order valence-corrected chi connectivity index (χ3v) is 3.37. The topological polar surface area (TPSA) is 92.9 Å². The Hall–Kier alpha value is -3.22. The maximum Gasteiger partial charge on any atom is 0.226 e. The Bertz CT molecular complexity index is 842. The van der Waals surface area contributed by atoms with Crippen molar-refractivity contribution in [1.29, 1.82) is 0 Å². The smallest absolute Gasteiger partial charge is 0.226 e. The van der Waals surface area contributed by atoms with Gasteiger partial charge in [-0.2, -0.15) is 5.10 Å². The number of benzene rings is 1. The van der Waals surface area contributed by atoms with Gasteiger partial charge in [-0.3, -0.25) is 9.48 Å². The number of carbonyl (C=O) groups excluding carboxylic acids is 1. The van der Waals surface area contributed by atoms with Crippen molar-refractivity contribution in [2.75, 3.05) is 5.32 Å². The molecule has 0 bridgehead atoms. The highest BCUT2D eigenvalue weighted by atomic mass is 16.3. The first kappa shape index (κ1) is 15.7. The molecular weight excluding hydrogens is 306 g/mol. The highest BCUT2D eigenvalue weighted by molar-refractivity contribution is 5.90. The van der Waals surface area contributed by atoms with Crippen LogP contribution in [0.3, 0.4) is 0 Å². The van der Waals surface area contributed by atoms with Gasteiger partial charge in [0, 0.05) is 24.7 Å². The fourth-order valence-corrected chi connectivity index (χ4v) is 2.22. The van der Waals surface area contributed by atoms with Gasteiger partial charge in [-0.25, -0.2) is 9.97 Å². The maximum absolute atomic E-state index is 12.0. The van der Waals surface area contributed by atoms with Crippen molar-refractivity contribution in [2.24, 2.45) is 0 Å². The predicted octanol–water partition coefficient (Wildman–Crippen LogP) is 2.38. The lowest BCUT2D eigenvalue weighted by atomic mass is 10.2. The van der Waals surface area contributed by atoms with Gasteiger partial charge in [0.1, 0.15) is 5.75 Å². The van der Waals surface area contributed by atoms with E-state index in [-0.39, 0.29) is 11.7 Å². The normalized spacial score (nSPS) is 10.5. The summed E-state index contributed by atoms with van der Waals surface area (Å²) in [5, 5.41) is 16.4. The van der Waals surface area contributed by atoms with Crippen LogP contribution < -0.4 is 5.32 Å². The molecule has 0 saturated heterocycles. The van der Waals surface area contributed by atoms with Gasteiger partial charge in [0.05, 0.1) is 24.3 Å². The van der Waals surface area contributed by atoms with Gasteiger partial charge in [0.2, 0.25) is 5.91 Å². The molecule has 122 valence electrons. The Balaban J connectivity index is 1.58. The van der Waals surface area contributed by atoms with E-state index in [4.69, 9.17) is 0 Å². The SMILES string of the molecule is Cc1cnn(CCC(=O)Nc2cnc(-c3cccc(O)c3)nc2)c1. The second-order valence-electron chi connectivity index (χ2n) is 5.42. The standard InChI is InChI=1S/C17H17N5O2/c1-12-8-20-22(11-12)6-5-16(24)21-14-9-18-17(19-10-14)13-3-2-4-15(23)7-13/h2-4,7-11,23H,5-6H2,1H3,(H,21,24). The lowest BCUT2D eigenvalue weighted by molar-refractivity contribution is -0.116. The first-order valence-electron chi connectivity index (χ1n) is 7.50. The van der Waals surface area contributed by atoms with Crippen molar-refractivity contribution >= 4 is 11.6 Å². The molecule has 1 aromatic carbocycles. The zero-order valence-electron chi connectivity index (χ0n) is 13.2. The Morgan fingerprint density at radius 2 is 2.04 bits per heavy atom. The molecule has 2 aromatic heterocycles. The molecule has 3 rings (SSSR count). The average Bonchev–Trinajstić information content (AvgIpc) is 2.99. The van der Waals surface area contributed by atoms with Gasteiger partial charge in [-0.1, -0.05) is 12.1 Å². The Morgan fingerprint density at radius 1 is 1.25 bits per heavy atom. The van der Waals surface area contributed by atoms with Crippen LogP contribution in [0.4, 0.5) is 5.69 Å². The maximum atomic E-state index is 12.0. The van der Waals surface area contributed by atoms with Crippen LogP contribution in [0.1, 0.15) is 12.0 Å². The predicted molar refractivity (Wildman–Crippen MR) is 89.3 cm³/mol. The zero-order chi connectivity index (χ0) is 16.9. The number of aromatic nitrogens is 4. The molecule has 3 aromatic rings. The van der Waals surface area contributed by atoms with Gasteiger partial charge in [0.15, 0.2) is 5.82 Å². The lowest BCUT2D eigenvalue weighted by Gasteiger charge is -2.06. The highest BCUT2D eigenvalue weighted by Gasteiger charge is 2.06. The number of anilines is 1. The zero-order valence-corrected chi connectivity index (χ0v) is 13.2. The van der Waals surface area contributed by atoms with E-state index in [0.717, 1.165) is 5.56 Å². The quantitative estimate of drug-likeness (QED) is 0.752.